The number of aromatic nitrogens is 3. The lowest BCUT2D eigenvalue weighted by Gasteiger charge is -2.20. The third-order valence-corrected chi connectivity index (χ3v) is 8.96. The van der Waals surface area contributed by atoms with E-state index in [-0.39, 0.29) is 39.8 Å². The number of nitrogens with one attached hydrogen (secondary N) is 3. The molecule has 0 spiro atoms. The lowest BCUT2D eigenvalue weighted by atomic mass is 9.98. The SMILES string of the molecule is COc1nc(-c2cccc(-c3cccc(NC(=O)c4cn(C)c(=O)n(C)c4=O)c3F)c2Cl)cc2c1[C@H](NC[C@@H]1CCC(=O)N1)CC2. The Morgan fingerprint density at radius 3 is 2.57 bits per heavy atom. The Labute approximate surface area is 268 Å². The van der Waals surface area contributed by atoms with Gasteiger partial charge in [0.05, 0.1) is 23.5 Å². The first-order chi connectivity index (χ1) is 22.1. The van der Waals surface area contributed by atoms with E-state index in [4.69, 9.17) is 21.3 Å². The van der Waals surface area contributed by atoms with E-state index < -0.39 is 23.0 Å². The summed E-state index contributed by atoms with van der Waals surface area (Å²) >= 11 is 6.93. The van der Waals surface area contributed by atoms with Crippen molar-refractivity contribution in [3.8, 4) is 28.3 Å². The van der Waals surface area contributed by atoms with Gasteiger partial charge in [-0.05, 0) is 37.0 Å². The number of ether oxygens (including phenoxy) is 1. The third-order valence-electron chi connectivity index (χ3n) is 8.55. The van der Waals surface area contributed by atoms with Gasteiger partial charge in [-0.1, -0.05) is 41.9 Å². The van der Waals surface area contributed by atoms with Crippen LogP contribution in [0.1, 0.15) is 46.8 Å². The number of benzene rings is 2. The van der Waals surface area contributed by atoms with Gasteiger partial charge in [0.2, 0.25) is 11.8 Å². The van der Waals surface area contributed by atoms with E-state index in [0.717, 1.165) is 45.7 Å². The smallest absolute Gasteiger partial charge is 0.330 e. The Kier molecular flexibility index (Phi) is 8.49. The molecular formula is C33H32ClFN6O5. The van der Waals surface area contributed by atoms with Crippen LogP contribution in [0.2, 0.25) is 5.02 Å². The Hall–Kier alpha value is -4.81. The fraction of sp³-hybridized carbons (Fsp3) is 0.303. The number of carbonyl (C=O) groups is 2. The highest BCUT2D eigenvalue weighted by Gasteiger charge is 2.30. The maximum atomic E-state index is 15.9. The molecule has 1 aliphatic heterocycles. The minimum absolute atomic E-state index is 0.0267. The highest BCUT2D eigenvalue weighted by molar-refractivity contribution is 6.36. The molecule has 0 saturated carbocycles. The quantitative estimate of drug-likeness (QED) is 0.265. The van der Waals surface area contributed by atoms with Crippen molar-refractivity contribution in [2.75, 3.05) is 19.0 Å². The number of anilines is 1. The van der Waals surface area contributed by atoms with Gasteiger partial charge in [-0.3, -0.25) is 19.0 Å². The van der Waals surface area contributed by atoms with Crippen LogP contribution in [0, 0.1) is 5.82 Å². The molecule has 3 N–H and O–H groups in total. The summed E-state index contributed by atoms with van der Waals surface area (Å²) in [5.74, 6) is -1.06. The summed E-state index contributed by atoms with van der Waals surface area (Å²) < 4.78 is 23.6. The summed E-state index contributed by atoms with van der Waals surface area (Å²) in [6.45, 7) is 0.654. The lowest BCUT2D eigenvalue weighted by Crippen LogP contribution is -2.40. The maximum absolute atomic E-state index is 15.9. The zero-order chi connectivity index (χ0) is 32.7. The van der Waals surface area contributed by atoms with Crippen molar-refractivity contribution in [1.29, 1.82) is 0 Å². The number of amides is 2. The van der Waals surface area contributed by atoms with Crippen LogP contribution in [0.4, 0.5) is 10.1 Å². The predicted molar refractivity (Wildman–Crippen MR) is 172 cm³/mol. The second-order valence-electron chi connectivity index (χ2n) is 11.5. The van der Waals surface area contributed by atoms with Crippen molar-refractivity contribution in [3.63, 3.8) is 0 Å². The molecule has 1 aliphatic carbocycles. The standard InChI is InChI=1S/C33H32ClFN6O5/c1-40-16-22(32(44)41(2)33(40)45)30(43)38-24-9-5-7-20(29(24)35)19-6-4-8-21(28(19)34)25-14-17-10-12-23(27(17)31(39-25)46-3)36-15-18-11-13-26(42)37-18/h4-9,14,16,18,23,36H,10-13,15H2,1-3H3,(H,37,42)(H,38,43)/t18-,23+/m0/s1. The van der Waals surface area contributed by atoms with Gasteiger partial charge in [-0.15, -0.1) is 0 Å². The number of methoxy groups -OCH3 is 1. The van der Waals surface area contributed by atoms with Gasteiger partial charge in [0.1, 0.15) is 5.56 Å². The molecule has 13 heteroatoms. The Bertz CT molecular complexity index is 2010. The van der Waals surface area contributed by atoms with E-state index in [1.165, 1.54) is 20.2 Å². The molecule has 6 rings (SSSR count). The highest BCUT2D eigenvalue weighted by Crippen LogP contribution is 2.43. The van der Waals surface area contributed by atoms with Gasteiger partial charge in [-0.2, -0.15) is 0 Å². The molecule has 2 atom stereocenters. The number of pyridine rings is 1. The zero-order valence-corrected chi connectivity index (χ0v) is 26.2. The van der Waals surface area contributed by atoms with Gasteiger partial charge in [0.25, 0.3) is 11.5 Å². The molecule has 4 aromatic rings. The van der Waals surface area contributed by atoms with Crippen molar-refractivity contribution in [2.24, 2.45) is 14.1 Å². The van der Waals surface area contributed by atoms with E-state index >= 15 is 4.39 Å². The van der Waals surface area contributed by atoms with Crippen molar-refractivity contribution < 1.29 is 18.7 Å². The third kappa shape index (κ3) is 5.69. The van der Waals surface area contributed by atoms with Crippen molar-refractivity contribution in [1.82, 2.24) is 24.8 Å². The summed E-state index contributed by atoms with van der Waals surface area (Å²) in [6, 6.07) is 11.8. The second kappa shape index (κ2) is 12.5. The highest BCUT2D eigenvalue weighted by atomic mass is 35.5. The van der Waals surface area contributed by atoms with Crippen LogP contribution in [-0.4, -0.2) is 45.6 Å². The Morgan fingerprint density at radius 2 is 1.83 bits per heavy atom. The van der Waals surface area contributed by atoms with Gasteiger partial charge in [-0.25, -0.2) is 14.2 Å². The summed E-state index contributed by atoms with van der Waals surface area (Å²) in [6.07, 6.45) is 4.11. The Morgan fingerprint density at radius 1 is 1.09 bits per heavy atom. The largest absolute Gasteiger partial charge is 0.481 e. The van der Waals surface area contributed by atoms with Crippen LogP contribution < -0.4 is 31.9 Å². The molecule has 2 aliphatic rings. The molecule has 0 unspecified atom stereocenters. The van der Waals surface area contributed by atoms with Crippen LogP contribution in [0.3, 0.4) is 0 Å². The summed E-state index contributed by atoms with van der Waals surface area (Å²) in [7, 11) is 4.24. The molecule has 0 bridgehead atoms. The topological polar surface area (TPSA) is 136 Å². The zero-order valence-electron chi connectivity index (χ0n) is 25.4. The number of hydrogen-bond donors (Lipinski definition) is 3. The van der Waals surface area contributed by atoms with Crippen LogP contribution in [0.25, 0.3) is 22.4 Å². The van der Waals surface area contributed by atoms with Crippen LogP contribution >= 0.6 is 11.6 Å². The number of aryl methyl sites for hydroxylation is 2. The lowest BCUT2D eigenvalue weighted by molar-refractivity contribution is -0.119. The average molecular weight is 647 g/mol. The van der Waals surface area contributed by atoms with Crippen molar-refractivity contribution >= 4 is 29.1 Å². The number of halogens is 2. The van der Waals surface area contributed by atoms with E-state index in [2.05, 4.69) is 16.0 Å². The molecule has 1 fully saturated rings. The first-order valence-electron chi connectivity index (χ1n) is 14.8. The summed E-state index contributed by atoms with van der Waals surface area (Å²) in [4.78, 5) is 53.9. The van der Waals surface area contributed by atoms with Crippen LogP contribution in [-0.2, 0) is 25.3 Å². The first-order valence-corrected chi connectivity index (χ1v) is 15.2. The second-order valence-corrected chi connectivity index (χ2v) is 11.9. The van der Waals surface area contributed by atoms with Crippen LogP contribution in [0.15, 0.2) is 58.3 Å². The summed E-state index contributed by atoms with van der Waals surface area (Å²) in [5.41, 5.74) is 1.85. The fourth-order valence-electron chi connectivity index (χ4n) is 6.15. The van der Waals surface area contributed by atoms with E-state index in [1.54, 1.807) is 37.4 Å². The number of hydrogen-bond acceptors (Lipinski definition) is 7. The molecule has 238 valence electrons. The number of nitrogens with zero attached hydrogens (tertiary/aromatic N) is 3. The van der Waals surface area contributed by atoms with E-state index in [9.17, 15) is 19.2 Å². The molecular weight excluding hydrogens is 615 g/mol. The first kappa shape index (κ1) is 31.2. The minimum atomic E-state index is -0.859. The maximum Gasteiger partial charge on any atom is 0.330 e. The average Bonchev–Trinajstić information content (AvgIpc) is 3.66. The molecule has 2 amide bonds. The fourth-order valence-corrected chi connectivity index (χ4v) is 6.47. The monoisotopic (exact) mass is 646 g/mol. The molecule has 11 nitrogen and oxygen atoms in total. The molecule has 0 radical (unpaired) electrons. The summed E-state index contributed by atoms with van der Waals surface area (Å²) in [5, 5.41) is 9.25. The number of fused-ring (bicyclic) bond motifs is 1. The molecule has 3 heterocycles. The van der Waals surface area contributed by atoms with Crippen molar-refractivity contribution in [2.45, 2.75) is 37.8 Å². The van der Waals surface area contributed by atoms with Crippen molar-refractivity contribution in [3.05, 3.63) is 97.0 Å². The van der Waals surface area contributed by atoms with Gasteiger partial charge in [0, 0.05) is 67.6 Å². The molecule has 1 saturated heterocycles. The van der Waals surface area contributed by atoms with Gasteiger partial charge >= 0.3 is 5.69 Å². The van der Waals surface area contributed by atoms with E-state index in [1.807, 2.05) is 6.07 Å². The van der Waals surface area contributed by atoms with Gasteiger partial charge in [0.15, 0.2) is 5.82 Å². The van der Waals surface area contributed by atoms with E-state index in [0.29, 0.717) is 35.7 Å². The number of carbonyl (C=O) groups excluding carboxylic acids is 2. The Balaban J connectivity index is 1.29. The molecule has 46 heavy (non-hydrogen) atoms. The van der Waals surface area contributed by atoms with Gasteiger partial charge < -0.3 is 25.3 Å². The van der Waals surface area contributed by atoms with Crippen LogP contribution in [0.5, 0.6) is 5.88 Å². The predicted octanol–water partition coefficient (Wildman–Crippen LogP) is 3.72. The molecule has 2 aromatic carbocycles. The minimum Gasteiger partial charge on any atom is -0.481 e. The number of rotatable bonds is 8. The normalized spacial score (nSPS) is 17.1. The molecule has 2 aromatic heterocycles.